The van der Waals surface area contributed by atoms with Crippen LogP contribution >= 0.6 is 12.6 Å². The van der Waals surface area contributed by atoms with Crippen LogP contribution in [0.1, 0.15) is 24.3 Å². The maximum absolute atomic E-state index is 13.9. The minimum atomic E-state index is -1.62. The van der Waals surface area contributed by atoms with Gasteiger partial charge < -0.3 is 5.11 Å². The number of aliphatic hydroxyl groups is 1. The molecule has 1 heterocycles. The molecule has 0 amide bonds. The largest absolute Gasteiger partial charge is 0.382 e. The van der Waals surface area contributed by atoms with E-state index in [1.54, 1.807) is 6.92 Å². The smallest absolute Gasteiger partial charge is 0.137 e. The molecule has 0 spiro atoms. The molecule has 0 bridgehead atoms. The van der Waals surface area contributed by atoms with E-state index in [0.717, 1.165) is 12.1 Å². The Morgan fingerprint density at radius 3 is 2.74 bits per heavy atom. The van der Waals surface area contributed by atoms with Gasteiger partial charge in [-0.15, -0.1) is 12.6 Å². The Balaban J connectivity index is 2.47. The summed E-state index contributed by atoms with van der Waals surface area (Å²) in [7, 11) is 0. The molecule has 1 aromatic carbocycles. The number of hydrogen-bond donors (Lipinski definition) is 2. The van der Waals surface area contributed by atoms with Crippen LogP contribution < -0.4 is 0 Å². The molecule has 1 unspecified atom stereocenters. The van der Waals surface area contributed by atoms with Gasteiger partial charge in [0.15, 0.2) is 0 Å². The molecule has 1 N–H and O–H groups in total. The van der Waals surface area contributed by atoms with Crippen LogP contribution in [0.5, 0.6) is 0 Å². The number of halogens is 2. The van der Waals surface area contributed by atoms with E-state index < -0.39 is 22.6 Å². The Morgan fingerprint density at radius 2 is 2.21 bits per heavy atom. The van der Waals surface area contributed by atoms with E-state index in [4.69, 9.17) is 0 Å². The lowest BCUT2D eigenvalue weighted by Gasteiger charge is -2.33. The van der Waals surface area contributed by atoms with E-state index in [-0.39, 0.29) is 12.0 Å². The summed E-state index contributed by atoms with van der Waals surface area (Å²) < 4.78 is 28.1. The quantitative estimate of drug-likeness (QED) is 0.847. The number of thiol groups is 1. The summed E-state index contributed by atoms with van der Waals surface area (Å²) in [6.45, 7) is 1.68. The van der Waals surface area contributed by atoms with Crippen LogP contribution in [0.15, 0.2) is 30.9 Å². The van der Waals surface area contributed by atoms with Crippen molar-refractivity contribution in [3.8, 4) is 0 Å². The lowest BCUT2D eigenvalue weighted by molar-refractivity contribution is 0.00427. The SMILES string of the molecule is CC[C@@](O)(c1ccc(F)cc1F)C(S)n1cncn1. The summed E-state index contributed by atoms with van der Waals surface area (Å²) in [4.78, 5) is 3.76. The van der Waals surface area contributed by atoms with Gasteiger partial charge in [0.25, 0.3) is 0 Å². The van der Waals surface area contributed by atoms with Crippen molar-refractivity contribution >= 4 is 12.6 Å². The molecule has 0 aliphatic rings. The van der Waals surface area contributed by atoms with Gasteiger partial charge >= 0.3 is 0 Å². The second-order valence-electron chi connectivity index (χ2n) is 4.15. The van der Waals surface area contributed by atoms with Gasteiger partial charge in [0, 0.05) is 11.6 Å². The van der Waals surface area contributed by atoms with Crippen molar-refractivity contribution in [2.75, 3.05) is 0 Å². The average Bonchev–Trinajstić information content (AvgIpc) is 2.90. The lowest BCUT2D eigenvalue weighted by atomic mass is 9.90. The van der Waals surface area contributed by atoms with Crippen molar-refractivity contribution in [2.45, 2.75) is 24.3 Å². The Hall–Kier alpha value is -1.47. The maximum atomic E-state index is 13.9. The normalized spacial score (nSPS) is 16.1. The molecule has 102 valence electrons. The molecule has 0 aliphatic carbocycles. The average molecular weight is 285 g/mol. The van der Waals surface area contributed by atoms with Crippen LogP contribution in [-0.2, 0) is 5.60 Å². The molecular weight excluding hydrogens is 272 g/mol. The van der Waals surface area contributed by atoms with Crippen LogP contribution in [0.3, 0.4) is 0 Å². The third kappa shape index (κ3) is 2.48. The maximum Gasteiger partial charge on any atom is 0.137 e. The van der Waals surface area contributed by atoms with Crippen LogP contribution in [0.2, 0.25) is 0 Å². The van der Waals surface area contributed by atoms with Crippen LogP contribution in [0.4, 0.5) is 8.78 Å². The van der Waals surface area contributed by atoms with Gasteiger partial charge in [-0.1, -0.05) is 13.0 Å². The first-order chi connectivity index (χ1) is 8.99. The zero-order chi connectivity index (χ0) is 14.0. The monoisotopic (exact) mass is 285 g/mol. The van der Waals surface area contributed by atoms with Gasteiger partial charge in [-0.05, 0) is 12.5 Å². The summed E-state index contributed by atoms with van der Waals surface area (Å²) in [5, 5.41) is 13.7. The fourth-order valence-electron chi connectivity index (χ4n) is 1.92. The molecule has 19 heavy (non-hydrogen) atoms. The van der Waals surface area contributed by atoms with Gasteiger partial charge in [0.1, 0.15) is 35.3 Å². The Labute approximate surface area is 114 Å². The molecule has 0 saturated carbocycles. The van der Waals surface area contributed by atoms with E-state index in [0.29, 0.717) is 0 Å². The Kier molecular flexibility index (Phi) is 3.86. The van der Waals surface area contributed by atoms with Crippen molar-refractivity contribution < 1.29 is 13.9 Å². The number of benzene rings is 1. The fourth-order valence-corrected chi connectivity index (χ4v) is 2.36. The predicted octanol–water partition coefficient (Wildman–Crippen LogP) is 2.28. The van der Waals surface area contributed by atoms with Gasteiger partial charge in [0.05, 0.1) is 0 Å². The molecule has 2 rings (SSSR count). The van der Waals surface area contributed by atoms with Gasteiger partial charge in [0.2, 0.25) is 0 Å². The van der Waals surface area contributed by atoms with Crippen molar-refractivity contribution in [1.82, 2.24) is 14.8 Å². The Bertz CT molecular complexity index is 564. The lowest BCUT2D eigenvalue weighted by Crippen LogP contribution is -2.34. The predicted molar refractivity (Wildman–Crippen MR) is 68.6 cm³/mol. The topological polar surface area (TPSA) is 50.9 Å². The second kappa shape index (κ2) is 5.26. The van der Waals surface area contributed by atoms with Gasteiger partial charge in [-0.25, -0.2) is 18.4 Å². The highest BCUT2D eigenvalue weighted by atomic mass is 32.1. The summed E-state index contributed by atoms with van der Waals surface area (Å²) in [6, 6.07) is 3.05. The molecule has 0 fully saturated rings. The minimum absolute atomic E-state index is 0.0214. The van der Waals surface area contributed by atoms with Crippen molar-refractivity contribution in [2.24, 2.45) is 0 Å². The van der Waals surface area contributed by atoms with Crippen LogP contribution in [0, 0.1) is 11.6 Å². The van der Waals surface area contributed by atoms with E-state index in [2.05, 4.69) is 22.7 Å². The first-order valence-electron chi connectivity index (χ1n) is 5.69. The third-order valence-electron chi connectivity index (χ3n) is 3.05. The third-order valence-corrected chi connectivity index (χ3v) is 3.71. The number of nitrogens with zero attached hydrogens (tertiary/aromatic N) is 3. The molecule has 7 heteroatoms. The minimum Gasteiger partial charge on any atom is -0.382 e. The molecule has 2 atom stereocenters. The highest BCUT2D eigenvalue weighted by Gasteiger charge is 2.38. The van der Waals surface area contributed by atoms with Gasteiger partial charge in [-0.3, -0.25) is 0 Å². The number of rotatable bonds is 4. The van der Waals surface area contributed by atoms with E-state index in [1.807, 2.05) is 0 Å². The zero-order valence-corrected chi connectivity index (χ0v) is 11.1. The summed E-state index contributed by atoms with van der Waals surface area (Å²) in [5.41, 5.74) is -1.64. The first kappa shape index (κ1) is 14.0. The summed E-state index contributed by atoms with van der Waals surface area (Å²) >= 11 is 4.28. The molecule has 2 aromatic rings. The number of aromatic nitrogens is 3. The molecule has 1 aromatic heterocycles. The van der Waals surface area contributed by atoms with Crippen LogP contribution in [-0.4, -0.2) is 19.9 Å². The zero-order valence-electron chi connectivity index (χ0n) is 10.2. The summed E-state index contributed by atoms with van der Waals surface area (Å²) in [5.74, 6) is -1.51. The highest BCUT2D eigenvalue weighted by molar-refractivity contribution is 7.80. The second-order valence-corrected chi connectivity index (χ2v) is 4.64. The van der Waals surface area contributed by atoms with Crippen LogP contribution in [0.25, 0.3) is 0 Å². The molecule has 0 aliphatic heterocycles. The molecule has 4 nitrogen and oxygen atoms in total. The molecule has 0 radical (unpaired) electrons. The molecule has 0 saturated heterocycles. The van der Waals surface area contributed by atoms with E-state index >= 15 is 0 Å². The number of hydrogen-bond acceptors (Lipinski definition) is 4. The first-order valence-corrected chi connectivity index (χ1v) is 6.20. The van der Waals surface area contributed by atoms with Gasteiger partial charge in [-0.2, -0.15) is 5.10 Å². The van der Waals surface area contributed by atoms with E-state index in [1.165, 1.54) is 23.4 Å². The van der Waals surface area contributed by atoms with Crippen molar-refractivity contribution in [3.63, 3.8) is 0 Å². The van der Waals surface area contributed by atoms with E-state index in [9.17, 15) is 13.9 Å². The highest BCUT2D eigenvalue weighted by Crippen LogP contribution is 2.39. The molecular formula is C12H13F2N3OS. The summed E-state index contributed by atoms with van der Waals surface area (Å²) in [6.07, 6.45) is 2.85. The Morgan fingerprint density at radius 1 is 1.47 bits per heavy atom. The van der Waals surface area contributed by atoms with Crippen molar-refractivity contribution in [1.29, 1.82) is 0 Å². The standard InChI is InChI=1S/C12H13F2N3OS/c1-2-12(18,11(19)17-7-15-6-16-17)9-4-3-8(13)5-10(9)14/h3-7,11,18-19H,2H2,1H3/t11?,12-/m1/s1. The fraction of sp³-hybridized carbons (Fsp3) is 0.333. The van der Waals surface area contributed by atoms with Crippen molar-refractivity contribution in [3.05, 3.63) is 48.1 Å².